The van der Waals surface area contributed by atoms with E-state index in [9.17, 15) is 8.42 Å². The zero-order valence-electron chi connectivity index (χ0n) is 11.8. The van der Waals surface area contributed by atoms with Crippen molar-refractivity contribution in [2.75, 3.05) is 31.1 Å². The molecule has 5 heteroatoms. The lowest BCUT2D eigenvalue weighted by atomic mass is 9.93. The molecule has 4 nitrogen and oxygen atoms in total. The zero-order valence-corrected chi connectivity index (χ0v) is 12.6. The molecule has 2 fully saturated rings. The summed E-state index contributed by atoms with van der Waals surface area (Å²) >= 11 is 0. The molecule has 106 valence electrons. The fraction of sp³-hybridized carbons (Fsp3) is 1.00. The maximum atomic E-state index is 11.8. The summed E-state index contributed by atoms with van der Waals surface area (Å²) in [7, 11) is -2.82. The first-order valence-corrected chi connectivity index (χ1v) is 8.81. The Labute approximate surface area is 111 Å². The van der Waals surface area contributed by atoms with Gasteiger partial charge in [0, 0.05) is 17.6 Å². The van der Waals surface area contributed by atoms with Gasteiger partial charge in [0.05, 0.1) is 11.5 Å². The number of hydrogen-bond donors (Lipinski definition) is 1. The summed E-state index contributed by atoms with van der Waals surface area (Å²) in [6.07, 6.45) is 2.96. The van der Waals surface area contributed by atoms with Gasteiger partial charge in [-0.15, -0.1) is 0 Å². The molecule has 1 N–H and O–H groups in total. The molecule has 18 heavy (non-hydrogen) atoms. The first kappa shape index (κ1) is 14.3. The van der Waals surface area contributed by atoms with Gasteiger partial charge >= 0.3 is 0 Å². The van der Waals surface area contributed by atoms with Crippen LogP contribution in [-0.4, -0.2) is 55.5 Å². The largest absolute Gasteiger partial charge is 0.310 e. The Hall–Kier alpha value is -0.130. The fourth-order valence-corrected chi connectivity index (χ4v) is 5.33. The van der Waals surface area contributed by atoms with Crippen LogP contribution in [0.4, 0.5) is 0 Å². The summed E-state index contributed by atoms with van der Waals surface area (Å²) in [5.41, 5.74) is -0.0346. The second-order valence-electron chi connectivity index (χ2n) is 6.46. The standard InChI is InChI=1S/C13H26N2O2S/c1-4-12(2)10-15(8-5-7-14-12)13(3)6-9-18(16,17)11-13/h14H,4-11H2,1-3H3. The summed E-state index contributed by atoms with van der Waals surface area (Å²) in [6, 6.07) is 0. The van der Waals surface area contributed by atoms with Crippen LogP contribution in [0.15, 0.2) is 0 Å². The Balaban J connectivity index is 2.17. The second kappa shape index (κ2) is 4.76. The van der Waals surface area contributed by atoms with Crippen LogP contribution in [0.5, 0.6) is 0 Å². The molecule has 0 radical (unpaired) electrons. The van der Waals surface area contributed by atoms with Crippen molar-refractivity contribution in [2.24, 2.45) is 0 Å². The highest BCUT2D eigenvalue weighted by Gasteiger charge is 2.44. The monoisotopic (exact) mass is 274 g/mol. The van der Waals surface area contributed by atoms with E-state index in [1.54, 1.807) is 0 Å². The van der Waals surface area contributed by atoms with E-state index in [1.165, 1.54) is 0 Å². The van der Waals surface area contributed by atoms with Crippen LogP contribution in [0.25, 0.3) is 0 Å². The minimum atomic E-state index is -2.82. The van der Waals surface area contributed by atoms with Gasteiger partial charge in [-0.05, 0) is 46.2 Å². The van der Waals surface area contributed by atoms with Gasteiger partial charge in [-0.1, -0.05) is 6.92 Å². The highest BCUT2D eigenvalue weighted by molar-refractivity contribution is 7.91. The molecule has 0 amide bonds. The molecule has 2 saturated heterocycles. The Morgan fingerprint density at radius 2 is 2.06 bits per heavy atom. The van der Waals surface area contributed by atoms with Crippen molar-refractivity contribution in [1.82, 2.24) is 10.2 Å². The van der Waals surface area contributed by atoms with Crippen molar-refractivity contribution in [3.8, 4) is 0 Å². The van der Waals surface area contributed by atoms with E-state index in [1.807, 2.05) is 0 Å². The summed E-state index contributed by atoms with van der Waals surface area (Å²) in [5.74, 6) is 0.691. The molecule has 0 aliphatic carbocycles. The second-order valence-corrected chi connectivity index (χ2v) is 8.64. The predicted octanol–water partition coefficient (Wildman–Crippen LogP) is 1.03. The molecule has 0 aromatic rings. The molecule has 2 unspecified atom stereocenters. The van der Waals surface area contributed by atoms with Crippen molar-refractivity contribution >= 4 is 9.84 Å². The Morgan fingerprint density at radius 3 is 2.61 bits per heavy atom. The van der Waals surface area contributed by atoms with Gasteiger partial charge in [-0.2, -0.15) is 0 Å². The Bertz CT molecular complexity index is 409. The molecule has 2 heterocycles. The van der Waals surface area contributed by atoms with Crippen LogP contribution >= 0.6 is 0 Å². The van der Waals surface area contributed by atoms with Gasteiger partial charge < -0.3 is 5.32 Å². The van der Waals surface area contributed by atoms with Gasteiger partial charge in [0.1, 0.15) is 0 Å². The quantitative estimate of drug-likeness (QED) is 0.817. The molecule has 2 atom stereocenters. The molecule has 0 bridgehead atoms. The number of rotatable bonds is 2. The first-order valence-electron chi connectivity index (χ1n) is 6.99. The van der Waals surface area contributed by atoms with Gasteiger partial charge in [-0.25, -0.2) is 8.42 Å². The molecule has 2 aliphatic rings. The number of hydrogen-bond acceptors (Lipinski definition) is 4. The van der Waals surface area contributed by atoms with E-state index < -0.39 is 9.84 Å². The number of sulfone groups is 1. The van der Waals surface area contributed by atoms with Crippen molar-refractivity contribution in [2.45, 2.75) is 51.1 Å². The van der Waals surface area contributed by atoms with Crippen LogP contribution in [-0.2, 0) is 9.84 Å². The van der Waals surface area contributed by atoms with Crippen molar-refractivity contribution in [3.05, 3.63) is 0 Å². The molecular weight excluding hydrogens is 248 g/mol. The average Bonchev–Trinajstić information content (AvgIpc) is 2.49. The predicted molar refractivity (Wildman–Crippen MR) is 74.6 cm³/mol. The molecular formula is C13H26N2O2S. The normalized spacial score (nSPS) is 41.7. The van der Waals surface area contributed by atoms with Gasteiger partial charge in [0.2, 0.25) is 0 Å². The van der Waals surface area contributed by atoms with E-state index in [0.717, 1.165) is 38.9 Å². The van der Waals surface area contributed by atoms with Gasteiger partial charge in [0.15, 0.2) is 9.84 Å². The minimum Gasteiger partial charge on any atom is -0.310 e. The highest BCUT2D eigenvalue weighted by atomic mass is 32.2. The Kier molecular flexibility index (Phi) is 3.78. The topological polar surface area (TPSA) is 49.4 Å². The van der Waals surface area contributed by atoms with E-state index in [-0.39, 0.29) is 11.1 Å². The van der Waals surface area contributed by atoms with Crippen molar-refractivity contribution in [1.29, 1.82) is 0 Å². The number of nitrogens with one attached hydrogen (secondary N) is 1. The fourth-order valence-electron chi connectivity index (χ4n) is 3.16. The van der Waals surface area contributed by atoms with Crippen LogP contribution < -0.4 is 5.32 Å². The van der Waals surface area contributed by atoms with E-state index in [4.69, 9.17) is 0 Å². The van der Waals surface area contributed by atoms with Crippen LogP contribution in [0.1, 0.15) is 40.0 Å². The summed E-state index contributed by atoms with van der Waals surface area (Å²) in [6.45, 7) is 9.56. The van der Waals surface area contributed by atoms with Gasteiger partial charge in [-0.3, -0.25) is 4.90 Å². The third-order valence-electron chi connectivity index (χ3n) is 4.72. The summed E-state index contributed by atoms with van der Waals surface area (Å²) < 4.78 is 23.5. The third kappa shape index (κ3) is 2.89. The zero-order chi connectivity index (χ0) is 13.4. The minimum absolute atomic E-state index is 0.117. The van der Waals surface area contributed by atoms with Crippen LogP contribution in [0.3, 0.4) is 0 Å². The third-order valence-corrected chi connectivity index (χ3v) is 6.61. The lowest BCUT2D eigenvalue weighted by molar-refractivity contribution is 0.101. The van der Waals surface area contributed by atoms with Crippen molar-refractivity contribution < 1.29 is 8.42 Å². The SMILES string of the molecule is CCC1(C)CN(C2(C)CCS(=O)(=O)C2)CCCN1. The molecule has 2 aliphatic heterocycles. The molecule has 0 saturated carbocycles. The highest BCUT2D eigenvalue weighted by Crippen LogP contribution is 2.32. The van der Waals surface area contributed by atoms with Crippen molar-refractivity contribution in [3.63, 3.8) is 0 Å². The summed E-state index contributed by atoms with van der Waals surface area (Å²) in [4.78, 5) is 2.42. The maximum absolute atomic E-state index is 11.8. The molecule has 0 aromatic carbocycles. The van der Waals surface area contributed by atoms with Crippen LogP contribution in [0, 0.1) is 0 Å². The lowest BCUT2D eigenvalue weighted by Crippen LogP contribution is -2.55. The molecule has 0 aromatic heterocycles. The van der Waals surface area contributed by atoms with E-state index >= 15 is 0 Å². The average molecular weight is 274 g/mol. The van der Waals surface area contributed by atoms with Crippen LogP contribution in [0.2, 0.25) is 0 Å². The lowest BCUT2D eigenvalue weighted by Gasteiger charge is -2.41. The first-order chi connectivity index (χ1) is 8.29. The maximum Gasteiger partial charge on any atom is 0.152 e. The van der Waals surface area contributed by atoms with Gasteiger partial charge in [0.25, 0.3) is 0 Å². The molecule has 2 rings (SSSR count). The van der Waals surface area contributed by atoms with E-state index in [0.29, 0.717) is 11.5 Å². The summed E-state index contributed by atoms with van der Waals surface area (Å²) in [5, 5.41) is 3.61. The molecule has 0 spiro atoms. The smallest absolute Gasteiger partial charge is 0.152 e. The Morgan fingerprint density at radius 1 is 1.33 bits per heavy atom. The van der Waals surface area contributed by atoms with E-state index in [2.05, 4.69) is 31.0 Å². The number of nitrogens with zero attached hydrogens (tertiary/aromatic N) is 1.